The zero-order chi connectivity index (χ0) is 19.5. The van der Waals surface area contributed by atoms with Crippen molar-refractivity contribution in [3.05, 3.63) is 12.2 Å². The van der Waals surface area contributed by atoms with Crippen molar-refractivity contribution >= 4 is 11.9 Å². The van der Waals surface area contributed by atoms with Gasteiger partial charge in [0.1, 0.15) is 11.7 Å². The summed E-state index contributed by atoms with van der Waals surface area (Å²) in [6.07, 6.45) is 14.1. The van der Waals surface area contributed by atoms with Gasteiger partial charge in [-0.3, -0.25) is 9.59 Å². The molecular formula is C24H34O4. The van der Waals surface area contributed by atoms with Crippen molar-refractivity contribution in [3.63, 3.8) is 0 Å². The summed E-state index contributed by atoms with van der Waals surface area (Å²) < 4.78 is 12.3. The quantitative estimate of drug-likeness (QED) is 0.509. The van der Waals surface area contributed by atoms with Crippen LogP contribution in [0.15, 0.2) is 12.2 Å². The topological polar surface area (TPSA) is 52.6 Å². The molecule has 28 heavy (non-hydrogen) atoms. The number of fused-ring (bicyclic) bond motifs is 6. The van der Waals surface area contributed by atoms with E-state index in [4.69, 9.17) is 9.47 Å². The number of carbonyl (C=O) groups excluding carboxylic acids is 2. The summed E-state index contributed by atoms with van der Waals surface area (Å²) in [5.41, 5.74) is -0.408. The molecule has 4 nitrogen and oxygen atoms in total. The van der Waals surface area contributed by atoms with Crippen molar-refractivity contribution < 1.29 is 19.1 Å². The fourth-order valence-corrected chi connectivity index (χ4v) is 7.85. The van der Waals surface area contributed by atoms with E-state index in [0.29, 0.717) is 17.8 Å². The molecule has 2 aliphatic heterocycles. The predicted octanol–water partition coefficient (Wildman–Crippen LogP) is 4.67. The molecule has 0 amide bonds. The van der Waals surface area contributed by atoms with E-state index < -0.39 is 5.60 Å². The lowest BCUT2D eigenvalue weighted by Gasteiger charge is -2.65. The van der Waals surface area contributed by atoms with Gasteiger partial charge in [0.25, 0.3) is 0 Å². The highest BCUT2D eigenvalue weighted by molar-refractivity contribution is 5.80. The Balaban J connectivity index is 1.50. The predicted molar refractivity (Wildman–Crippen MR) is 105 cm³/mol. The monoisotopic (exact) mass is 386 g/mol. The van der Waals surface area contributed by atoms with Crippen LogP contribution in [0, 0.1) is 41.4 Å². The van der Waals surface area contributed by atoms with Gasteiger partial charge in [-0.15, -0.1) is 0 Å². The van der Waals surface area contributed by atoms with Crippen LogP contribution in [0.3, 0.4) is 0 Å². The average molecular weight is 387 g/mol. The minimum Gasteiger partial charge on any atom is -0.462 e. The minimum atomic E-state index is -0.408. The highest BCUT2D eigenvalue weighted by Gasteiger charge is 2.76. The summed E-state index contributed by atoms with van der Waals surface area (Å²) in [5, 5.41) is 0. The van der Waals surface area contributed by atoms with Gasteiger partial charge in [0, 0.05) is 23.7 Å². The van der Waals surface area contributed by atoms with Crippen molar-refractivity contribution in [1.82, 2.24) is 0 Å². The highest BCUT2D eigenvalue weighted by Crippen LogP contribution is 2.70. The van der Waals surface area contributed by atoms with Gasteiger partial charge in [0.15, 0.2) is 0 Å². The van der Waals surface area contributed by atoms with E-state index in [-0.39, 0.29) is 41.7 Å². The van der Waals surface area contributed by atoms with Crippen LogP contribution in [-0.2, 0) is 19.1 Å². The summed E-state index contributed by atoms with van der Waals surface area (Å²) in [5.74, 6) is 1.53. The van der Waals surface area contributed by atoms with Crippen molar-refractivity contribution in [2.75, 3.05) is 0 Å². The van der Waals surface area contributed by atoms with Crippen molar-refractivity contribution in [2.24, 2.45) is 41.4 Å². The number of esters is 2. The van der Waals surface area contributed by atoms with E-state index in [2.05, 4.69) is 26.0 Å². The van der Waals surface area contributed by atoms with E-state index in [9.17, 15) is 9.59 Å². The van der Waals surface area contributed by atoms with Gasteiger partial charge < -0.3 is 9.47 Å². The Morgan fingerprint density at radius 1 is 1.04 bits per heavy atom. The molecule has 0 aromatic carbocycles. The Bertz CT molecular complexity index is 684. The number of rotatable bonds is 5. The van der Waals surface area contributed by atoms with Crippen molar-refractivity contribution in [1.29, 1.82) is 0 Å². The number of hydrogen-bond acceptors (Lipinski definition) is 4. The van der Waals surface area contributed by atoms with Crippen LogP contribution in [0.5, 0.6) is 0 Å². The molecule has 3 aliphatic carbocycles. The molecule has 154 valence electrons. The van der Waals surface area contributed by atoms with Crippen LogP contribution in [0.1, 0.15) is 71.6 Å². The summed E-state index contributed by atoms with van der Waals surface area (Å²) in [6, 6.07) is 0. The fraction of sp³-hybridized carbons (Fsp3) is 0.833. The third-order valence-electron chi connectivity index (χ3n) is 8.77. The molecule has 4 fully saturated rings. The van der Waals surface area contributed by atoms with Gasteiger partial charge in [-0.1, -0.05) is 45.3 Å². The van der Waals surface area contributed by atoms with E-state index in [0.717, 1.165) is 51.4 Å². The highest BCUT2D eigenvalue weighted by atomic mass is 16.6. The van der Waals surface area contributed by atoms with Gasteiger partial charge >= 0.3 is 11.9 Å². The zero-order valence-corrected chi connectivity index (χ0v) is 17.3. The molecule has 0 bridgehead atoms. The summed E-state index contributed by atoms with van der Waals surface area (Å²) in [6.45, 7) is 4.42. The van der Waals surface area contributed by atoms with Crippen LogP contribution in [0.2, 0.25) is 0 Å². The second-order valence-corrected chi connectivity index (χ2v) is 9.88. The molecule has 4 heteroatoms. The SMILES string of the molecule is CCCCC1OC(=O)C2C1CCC1C(CCC)C3(OC(=O)C4C=CCCC43)C12. The molecule has 9 atom stereocenters. The molecule has 2 saturated heterocycles. The second-order valence-electron chi connectivity index (χ2n) is 9.88. The van der Waals surface area contributed by atoms with Gasteiger partial charge in [-0.25, -0.2) is 0 Å². The largest absolute Gasteiger partial charge is 0.462 e. The van der Waals surface area contributed by atoms with Crippen LogP contribution in [0.25, 0.3) is 0 Å². The molecular weight excluding hydrogens is 352 g/mol. The summed E-state index contributed by atoms with van der Waals surface area (Å²) >= 11 is 0. The van der Waals surface area contributed by atoms with Crippen LogP contribution in [0.4, 0.5) is 0 Å². The molecule has 0 radical (unpaired) electrons. The summed E-state index contributed by atoms with van der Waals surface area (Å²) in [4.78, 5) is 25.9. The van der Waals surface area contributed by atoms with Crippen LogP contribution >= 0.6 is 0 Å². The number of cyclic esters (lactones) is 1. The number of ether oxygens (including phenoxy) is 2. The van der Waals surface area contributed by atoms with Crippen molar-refractivity contribution in [3.8, 4) is 0 Å². The van der Waals surface area contributed by atoms with Gasteiger partial charge in [-0.05, 0) is 44.4 Å². The first kappa shape index (κ1) is 18.7. The smallest absolute Gasteiger partial charge is 0.313 e. The standard InChI is InChI=1S/C24H34O4/c1-3-5-11-19-16-13-12-14-17(8-4-2)24(21(14)20(16)23(26)27-19)18-10-7-6-9-15(18)22(25)28-24/h6,9,14-21H,3-5,7-8,10-13H2,1-2H3. The average Bonchev–Trinajstić information content (AvgIpc) is 3.19. The second kappa shape index (κ2) is 6.88. The maximum atomic E-state index is 13.0. The maximum absolute atomic E-state index is 13.0. The molecule has 1 spiro atoms. The van der Waals surface area contributed by atoms with Crippen molar-refractivity contribution in [2.45, 2.75) is 83.3 Å². The first-order valence-electron chi connectivity index (χ1n) is 11.7. The Morgan fingerprint density at radius 2 is 1.86 bits per heavy atom. The molecule has 2 heterocycles. The normalized spacial score (nSPS) is 48.5. The van der Waals surface area contributed by atoms with Gasteiger partial charge in [0.2, 0.25) is 0 Å². The number of unbranched alkanes of at least 4 members (excludes halogenated alkanes) is 1. The summed E-state index contributed by atoms with van der Waals surface area (Å²) in [7, 11) is 0. The molecule has 5 aliphatic rings. The zero-order valence-electron chi connectivity index (χ0n) is 17.3. The maximum Gasteiger partial charge on any atom is 0.313 e. The minimum absolute atomic E-state index is 0.000905. The Labute approximate surface area is 168 Å². The number of carbonyl (C=O) groups is 2. The molecule has 0 aromatic heterocycles. The van der Waals surface area contributed by atoms with E-state index in [1.54, 1.807) is 0 Å². The number of hydrogen-bond donors (Lipinski definition) is 0. The van der Waals surface area contributed by atoms with Crippen LogP contribution < -0.4 is 0 Å². The molecule has 0 N–H and O–H groups in total. The first-order valence-corrected chi connectivity index (χ1v) is 11.7. The van der Waals surface area contributed by atoms with E-state index in [1.807, 2.05) is 0 Å². The molecule has 0 aromatic rings. The molecule has 2 saturated carbocycles. The molecule has 9 unspecified atom stereocenters. The third kappa shape index (κ3) is 2.35. The lowest BCUT2D eigenvalue weighted by molar-refractivity contribution is -0.254. The van der Waals surface area contributed by atoms with Gasteiger partial charge in [0.05, 0.1) is 11.8 Å². The molecule has 5 rings (SSSR count). The van der Waals surface area contributed by atoms with E-state index in [1.165, 1.54) is 6.42 Å². The van der Waals surface area contributed by atoms with Crippen LogP contribution in [-0.4, -0.2) is 23.6 Å². The third-order valence-corrected chi connectivity index (χ3v) is 8.77. The Kier molecular flexibility index (Phi) is 4.59. The fourth-order valence-electron chi connectivity index (χ4n) is 7.85. The Hall–Kier alpha value is -1.32. The Morgan fingerprint density at radius 3 is 2.64 bits per heavy atom. The lowest BCUT2D eigenvalue weighted by Crippen LogP contribution is -2.70. The lowest BCUT2D eigenvalue weighted by atomic mass is 9.40. The number of allylic oxidation sites excluding steroid dienone is 1. The van der Waals surface area contributed by atoms with Gasteiger partial charge in [-0.2, -0.15) is 0 Å². The first-order chi connectivity index (χ1) is 13.6. The van der Waals surface area contributed by atoms with E-state index >= 15 is 0 Å².